The first-order chi connectivity index (χ1) is 20.7. The number of hydrogen-bond acceptors (Lipinski definition) is 5. The van der Waals surface area contributed by atoms with E-state index in [1.54, 1.807) is 7.11 Å². The van der Waals surface area contributed by atoms with Gasteiger partial charge in [-0.25, -0.2) is 4.79 Å². The third kappa shape index (κ3) is 7.42. The van der Waals surface area contributed by atoms with Crippen molar-refractivity contribution in [2.75, 3.05) is 20.2 Å². The summed E-state index contributed by atoms with van der Waals surface area (Å²) < 4.78 is 53.2. The number of aliphatic hydroxyl groups is 1. The van der Waals surface area contributed by atoms with Crippen molar-refractivity contribution in [1.29, 1.82) is 0 Å². The van der Waals surface area contributed by atoms with E-state index in [0.29, 0.717) is 49.2 Å². The number of fused-ring (bicyclic) bond motifs is 1. The van der Waals surface area contributed by atoms with Crippen LogP contribution in [0.15, 0.2) is 24.3 Å². The molecule has 0 bridgehead atoms. The maximum absolute atomic E-state index is 13.4. The van der Waals surface area contributed by atoms with Gasteiger partial charge in [0, 0.05) is 37.0 Å². The van der Waals surface area contributed by atoms with E-state index in [1.165, 1.54) is 17.0 Å². The van der Waals surface area contributed by atoms with Crippen LogP contribution in [0.25, 0.3) is 0 Å². The highest BCUT2D eigenvalue weighted by Crippen LogP contribution is 2.52. The van der Waals surface area contributed by atoms with E-state index < -0.39 is 38.4 Å². The van der Waals surface area contributed by atoms with E-state index in [1.807, 2.05) is 6.92 Å². The highest BCUT2D eigenvalue weighted by Gasteiger charge is 2.46. The van der Waals surface area contributed by atoms with Crippen LogP contribution in [0.3, 0.4) is 0 Å². The second-order valence-electron chi connectivity index (χ2n) is 15.0. The van der Waals surface area contributed by atoms with Gasteiger partial charge in [-0.05, 0) is 85.3 Å². The standard InChI is InChI=1S/C34H49F3N2O5Si/c1-20(43-7)29-28(30(40)22-10-12-23(13-11-22)34(35,36)37)26(21-14-16-39(17-15-21)31(41)42)27-24(38-29)18-33(5,6)19-25(27)44-45(8,9)32(2,3)4/h10-13,20-21,25,30,40H,14-19H2,1-9H3,(H,41,42). The second-order valence-corrected chi connectivity index (χ2v) is 19.8. The smallest absolute Gasteiger partial charge is 0.416 e. The number of ether oxygens (including phenoxy) is 1. The molecular formula is C34H49F3N2O5Si. The van der Waals surface area contributed by atoms with E-state index in [9.17, 15) is 28.2 Å². The third-order valence-corrected chi connectivity index (χ3v) is 14.6. The lowest BCUT2D eigenvalue weighted by Gasteiger charge is -2.46. The van der Waals surface area contributed by atoms with E-state index in [0.717, 1.165) is 35.4 Å². The molecule has 1 amide bonds. The zero-order valence-electron chi connectivity index (χ0n) is 28.0. The number of alkyl halides is 3. The molecule has 45 heavy (non-hydrogen) atoms. The van der Waals surface area contributed by atoms with Crippen LogP contribution in [-0.2, 0) is 21.8 Å². The number of carbonyl (C=O) groups is 1. The number of hydrogen-bond donors (Lipinski definition) is 2. The average Bonchev–Trinajstić information content (AvgIpc) is 2.93. The first-order valence-electron chi connectivity index (χ1n) is 15.8. The van der Waals surface area contributed by atoms with Gasteiger partial charge in [-0.15, -0.1) is 0 Å². The van der Waals surface area contributed by atoms with Gasteiger partial charge in [-0.2, -0.15) is 13.2 Å². The molecule has 4 rings (SSSR count). The number of nitrogens with zero attached hydrogens (tertiary/aromatic N) is 2. The number of benzene rings is 1. The highest BCUT2D eigenvalue weighted by molar-refractivity contribution is 6.74. The van der Waals surface area contributed by atoms with E-state index in [2.05, 4.69) is 47.7 Å². The van der Waals surface area contributed by atoms with Crippen molar-refractivity contribution in [2.24, 2.45) is 5.41 Å². The van der Waals surface area contributed by atoms with Gasteiger partial charge in [0.1, 0.15) is 6.10 Å². The fourth-order valence-corrected chi connectivity index (χ4v) is 7.76. The number of aromatic nitrogens is 1. The van der Waals surface area contributed by atoms with E-state index >= 15 is 0 Å². The highest BCUT2D eigenvalue weighted by atomic mass is 28.4. The quantitative estimate of drug-likeness (QED) is 0.291. The molecule has 0 saturated carbocycles. The summed E-state index contributed by atoms with van der Waals surface area (Å²) in [6.45, 7) is 17.9. The molecule has 3 unspecified atom stereocenters. The van der Waals surface area contributed by atoms with Crippen LogP contribution in [0.4, 0.5) is 18.0 Å². The molecule has 1 aliphatic carbocycles. The Morgan fingerprint density at radius 2 is 1.67 bits per heavy atom. The Kier molecular flexibility index (Phi) is 9.92. The van der Waals surface area contributed by atoms with Crippen LogP contribution in [0.5, 0.6) is 0 Å². The van der Waals surface area contributed by atoms with Crippen molar-refractivity contribution >= 4 is 14.4 Å². The molecule has 250 valence electrons. The minimum Gasteiger partial charge on any atom is -0.465 e. The van der Waals surface area contributed by atoms with Crippen molar-refractivity contribution in [3.05, 3.63) is 63.5 Å². The molecule has 7 nitrogen and oxygen atoms in total. The van der Waals surface area contributed by atoms with Gasteiger partial charge < -0.3 is 24.3 Å². The summed E-state index contributed by atoms with van der Waals surface area (Å²) in [5.41, 5.74) is 3.18. The Morgan fingerprint density at radius 3 is 2.16 bits per heavy atom. The van der Waals surface area contributed by atoms with Gasteiger partial charge in [0.2, 0.25) is 0 Å². The van der Waals surface area contributed by atoms with Crippen LogP contribution < -0.4 is 0 Å². The van der Waals surface area contributed by atoms with Crippen molar-refractivity contribution in [3.63, 3.8) is 0 Å². The predicted octanol–water partition coefficient (Wildman–Crippen LogP) is 8.78. The lowest BCUT2D eigenvalue weighted by Crippen LogP contribution is -2.44. The van der Waals surface area contributed by atoms with Gasteiger partial charge in [-0.3, -0.25) is 4.98 Å². The summed E-state index contributed by atoms with van der Waals surface area (Å²) in [7, 11) is -0.736. The molecule has 1 fully saturated rings. The molecule has 2 N–H and O–H groups in total. The largest absolute Gasteiger partial charge is 0.465 e. The summed E-state index contributed by atoms with van der Waals surface area (Å²) in [6.07, 6.45) is -5.09. The molecule has 1 aromatic heterocycles. The first kappa shape index (κ1) is 35.4. The minimum atomic E-state index is -4.50. The number of amides is 1. The Hall–Kier alpha value is -2.47. The van der Waals surface area contributed by atoms with Crippen LogP contribution in [0.1, 0.15) is 124 Å². The Bertz CT molecular complexity index is 1380. The summed E-state index contributed by atoms with van der Waals surface area (Å²) in [4.78, 5) is 18.4. The van der Waals surface area contributed by atoms with Gasteiger partial charge in [0.15, 0.2) is 8.32 Å². The fraction of sp³-hybridized carbons (Fsp3) is 0.647. The van der Waals surface area contributed by atoms with Gasteiger partial charge in [0.25, 0.3) is 0 Å². The fourth-order valence-electron chi connectivity index (χ4n) is 6.49. The lowest BCUT2D eigenvalue weighted by atomic mass is 9.70. The Balaban J connectivity index is 2.01. The molecule has 11 heteroatoms. The first-order valence-corrected chi connectivity index (χ1v) is 18.7. The summed E-state index contributed by atoms with van der Waals surface area (Å²) in [5, 5.41) is 21.7. The Morgan fingerprint density at radius 1 is 1.09 bits per heavy atom. The van der Waals surface area contributed by atoms with Crippen molar-refractivity contribution < 1.29 is 37.3 Å². The average molecular weight is 651 g/mol. The number of methoxy groups -OCH3 is 1. The van der Waals surface area contributed by atoms with E-state index in [4.69, 9.17) is 14.1 Å². The third-order valence-electron chi connectivity index (χ3n) is 10.1. The summed E-state index contributed by atoms with van der Waals surface area (Å²) in [6, 6.07) is 4.61. The lowest BCUT2D eigenvalue weighted by molar-refractivity contribution is -0.137. The molecule has 0 spiro atoms. The molecule has 3 atom stereocenters. The molecule has 0 radical (unpaired) electrons. The molecule has 1 aliphatic heterocycles. The number of carboxylic acid groups (broad SMARTS) is 1. The number of aliphatic hydroxyl groups excluding tert-OH is 1. The van der Waals surface area contributed by atoms with Gasteiger partial charge in [-0.1, -0.05) is 46.8 Å². The van der Waals surface area contributed by atoms with Crippen LogP contribution in [0, 0.1) is 5.41 Å². The second kappa shape index (κ2) is 12.6. The normalized spacial score (nSPS) is 20.9. The monoisotopic (exact) mass is 650 g/mol. The van der Waals surface area contributed by atoms with Crippen molar-refractivity contribution in [1.82, 2.24) is 9.88 Å². The maximum Gasteiger partial charge on any atom is 0.416 e. The number of rotatable bonds is 7. The number of likely N-dealkylation sites (tertiary alicyclic amines) is 1. The van der Waals surface area contributed by atoms with Gasteiger partial charge >= 0.3 is 12.3 Å². The molecule has 1 saturated heterocycles. The molecule has 2 aromatic rings. The molecule has 2 heterocycles. The topological polar surface area (TPSA) is 92.1 Å². The van der Waals surface area contributed by atoms with Crippen molar-refractivity contribution in [2.45, 2.75) is 116 Å². The molecule has 1 aromatic carbocycles. The van der Waals surface area contributed by atoms with Crippen LogP contribution >= 0.6 is 0 Å². The maximum atomic E-state index is 13.4. The zero-order valence-corrected chi connectivity index (χ0v) is 29.0. The molecule has 2 aliphatic rings. The SMILES string of the molecule is COC(C)c1nc2c(c(C3CCN(C(=O)O)CC3)c1C(O)c1ccc(C(F)(F)F)cc1)C(O[Si](C)(C)C(C)(C)C)CC(C)(C)C2. The van der Waals surface area contributed by atoms with E-state index in [-0.39, 0.29) is 22.5 Å². The van der Waals surface area contributed by atoms with Gasteiger partial charge in [0.05, 0.1) is 23.5 Å². The van der Waals surface area contributed by atoms with Crippen LogP contribution in [0.2, 0.25) is 18.1 Å². The predicted molar refractivity (Wildman–Crippen MR) is 170 cm³/mol. The number of piperidine rings is 1. The van der Waals surface area contributed by atoms with Crippen LogP contribution in [-0.4, -0.2) is 54.7 Å². The summed E-state index contributed by atoms with van der Waals surface area (Å²) in [5.74, 6) is -0.119. The Labute approximate surface area is 266 Å². The minimum absolute atomic E-state index is 0.0672. The summed E-state index contributed by atoms with van der Waals surface area (Å²) >= 11 is 0. The number of pyridine rings is 1. The number of halogens is 3. The molecular weight excluding hydrogens is 601 g/mol. The zero-order chi connectivity index (χ0) is 33.7. The van der Waals surface area contributed by atoms with Crippen molar-refractivity contribution in [3.8, 4) is 0 Å².